The average molecular weight is 478 g/mol. The van der Waals surface area contributed by atoms with E-state index in [1.54, 1.807) is 23.7 Å². The number of amides is 1. The van der Waals surface area contributed by atoms with Gasteiger partial charge in [0.25, 0.3) is 11.5 Å². The molecule has 5 rings (SSSR count). The molecule has 9 heteroatoms. The lowest BCUT2D eigenvalue weighted by molar-refractivity contribution is -0.121. The Balaban J connectivity index is 1.57. The van der Waals surface area contributed by atoms with Crippen LogP contribution < -0.4 is 15.4 Å². The second kappa shape index (κ2) is 8.64. The smallest absolute Gasteiger partial charge is 0.267 e. The molecule has 7 nitrogen and oxygen atoms in total. The van der Waals surface area contributed by atoms with Gasteiger partial charge in [-0.1, -0.05) is 48.2 Å². The molecular weight excluding hydrogens is 454 g/mol. The highest BCUT2D eigenvalue weighted by Crippen LogP contribution is 2.33. The summed E-state index contributed by atoms with van der Waals surface area (Å²) in [5, 5.41) is 0. The van der Waals surface area contributed by atoms with Crippen LogP contribution in [0.1, 0.15) is 11.1 Å². The normalized spacial score (nSPS) is 18.1. The van der Waals surface area contributed by atoms with Crippen molar-refractivity contribution >= 4 is 57.4 Å². The van der Waals surface area contributed by atoms with Crippen molar-refractivity contribution in [1.82, 2.24) is 14.3 Å². The first-order valence-electron chi connectivity index (χ1n) is 10.7. The number of para-hydroxylation sites is 1. The molecule has 0 N–H and O–H groups in total. The van der Waals surface area contributed by atoms with Crippen molar-refractivity contribution in [2.24, 2.45) is 0 Å². The van der Waals surface area contributed by atoms with E-state index in [4.69, 9.17) is 17.2 Å². The Kier molecular flexibility index (Phi) is 5.67. The number of carbonyl (C=O) groups excluding carboxylic acids is 1. The number of fused-ring (bicyclic) bond motifs is 1. The fourth-order valence-electron chi connectivity index (χ4n) is 4.16. The minimum absolute atomic E-state index is 0.189. The maximum absolute atomic E-state index is 13.6. The van der Waals surface area contributed by atoms with Gasteiger partial charge >= 0.3 is 0 Å². The van der Waals surface area contributed by atoms with Gasteiger partial charge in [0.1, 0.15) is 15.8 Å². The van der Waals surface area contributed by atoms with E-state index in [1.807, 2.05) is 37.3 Å². The monoisotopic (exact) mass is 477 g/mol. The number of thioether (sulfide) groups is 1. The quantitative estimate of drug-likeness (QED) is 0.424. The number of likely N-dealkylation sites (N-methyl/N-ethyl adjacent to an activating group) is 1. The van der Waals surface area contributed by atoms with Gasteiger partial charge in [-0.3, -0.25) is 18.9 Å². The number of thiocarbonyl (C=S) groups is 1. The molecule has 0 spiro atoms. The van der Waals surface area contributed by atoms with Crippen molar-refractivity contribution in [2.75, 3.05) is 43.0 Å². The molecule has 4 heterocycles. The van der Waals surface area contributed by atoms with Crippen LogP contribution in [-0.4, -0.2) is 57.7 Å². The van der Waals surface area contributed by atoms with Crippen molar-refractivity contribution in [1.29, 1.82) is 0 Å². The third-order valence-corrected chi connectivity index (χ3v) is 7.51. The SMILES string of the molecule is Cc1cccn2c(=O)c(C=C3SC(=S)N(C)C3=O)c(N3CCN(c4ccccc4)CC3)nc12. The number of carbonyl (C=O) groups is 1. The van der Waals surface area contributed by atoms with Gasteiger partial charge in [-0.2, -0.15) is 0 Å². The van der Waals surface area contributed by atoms with E-state index in [1.165, 1.54) is 22.3 Å². The highest BCUT2D eigenvalue weighted by molar-refractivity contribution is 8.26. The number of nitrogens with zero attached hydrogens (tertiary/aromatic N) is 5. The van der Waals surface area contributed by atoms with Crippen molar-refractivity contribution in [3.63, 3.8) is 0 Å². The number of pyridine rings is 1. The first-order chi connectivity index (χ1) is 15.9. The van der Waals surface area contributed by atoms with E-state index in [-0.39, 0.29) is 11.5 Å². The lowest BCUT2D eigenvalue weighted by atomic mass is 10.2. The van der Waals surface area contributed by atoms with Crippen LogP contribution in [0, 0.1) is 6.92 Å². The second-order valence-corrected chi connectivity index (χ2v) is 9.77. The summed E-state index contributed by atoms with van der Waals surface area (Å²) >= 11 is 6.48. The Hall–Kier alpha value is -3.17. The van der Waals surface area contributed by atoms with Gasteiger partial charge in [-0.15, -0.1) is 0 Å². The Bertz CT molecular complexity index is 1340. The van der Waals surface area contributed by atoms with Crippen LogP contribution in [0.3, 0.4) is 0 Å². The van der Waals surface area contributed by atoms with Gasteiger partial charge in [0.15, 0.2) is 0 Å². The summed E-state index contributed by atoms with van der Waals surface area (Å²) in [6.07, 6.45) is 3.38. The van der Waals surface area contributed by atoms with E-state index in [0.29, 0.717) is 26.3 Å². The number of benzene rings is 1. The summed E-state index contributed by atoms with van der Waals surface area (Å²) in [6, 6.07) is 14.1. The molecule has 0 radical (unpaired) electrons. The molecule has 2 aromatic heterocycles. The predicted octanol–water partition coefficient (Wildman–Crippen LogP) is 3.16. The van der Waals surface area contributed by atoms with Gasteiger partial charge in [0.05, 0.1) is 10.5 Å². The van der Waals surface area contributed by atoms with Gasteiger partial charge < -0.3 is 9.80 Å². The molecular formula is C24H23N5O2S2. The predicted molar refractivity (Wildman–Crippen MR) is 138 cm³/mol. The molecule has 1 amide bonds. The number of piperazine rings is 1. The largest absolute Gasteiger partial charge is 0.368 e. The molecule has 168 valence electrons. The molecule has 2 aliphatic heterocycles. The van der Waals surface area contributed by atoms with Crippen LogP contribution >= 0.6 is 24.0 Å². The van der Waals surface area contributed by atoms with Crippen LogP contribution in [0.25, 0.3) is 11.7 Å². The third-order valence-electron chi connectivity index (χ3n) is 6.03. The number of hydrogen-bond donors (Lipinski definition) is 0. The van der Waals surface area contributed by atoms with E-state index in [2.05, 4.69) is 21.9 Å². The Morgan fingerprint density at radius 3 is 2.36 bits per heavy atom. The van der Waals surface area contributed by atoms with E-state index in [0.717, 1.165) is 31.7 Å². The molecule has 2 fully saturated rings. The van der Waals surface area contributed by atoms with Crippen molar-refractivity contribution in [3.8, 4) is 0 Å². The summed E-state index contributed by atoms with van der Waals surface area (Å²) in [5.41, 5.74) is 2.96. The zero-order valence-electron chi connectivity index (χ0n) is 18.4. The fourth-order valence-corrected chi connectivity index (χ4v) is 5.32. The molecule has 3 aromatic rings. The number of hydrogen-bond acceptors (Lipinski definition) is 7. The number of anilines is 2. The lowest BCUT2D eigenvalue weighted by Crippen LogP contribution is -2.47. The minimum Gasteiger partial charge on any atom is -0.368 e. The van der Waals surface area contributed by atoms with Crippen molar-refractivity contribution in [2.45, 2.75) is 6.92 Å². The molecule has 1 aromatic carbocycles. The van der Waals surface area contributed by atoms with Gasteiger partial charge in [-0.25, -0.2) is 4.98 Å². The first kappa shape index (κ1) is 21.7. The third kappa shape index (κ3) is 3.91. The maximum atomic E-state index is 13.6. The lowest BCUT2D eigenvalue weighted by Gasteiger charge is -2.37. The van der Waals surface area contributed by atoms with Crippen LogP contribution in [0.15, 0.2) is 58.4 Å². The molecule has 0 aliphatic carbocycles. The van der Waals surface area contributed by atoms with Crippen LogP contribution in [0.2, 0.25) is 0 Å². The highest BCUT2D eigenvalue weighted by Gasteiger charge is 2.30. The maximum Gasteiger partial charge on any atom is 0.267 e. The molecule has 0 saturated carbocycles. The summed E-state index contributed by atoms with van der Waals surface area (Å²) in [4.78, 5) is 37.5. The molecule has 33 heavy (non-hydrogen) atoms. The Morgan fingerprint density at radius 2 is 1.70 bits per heavy atom. The highest BCUT2D eigenvalue weighted by atomic mass is 32.2. The zero-order chi connectivity index (χ0) is 23.1. The van der Waals surface area contributed by atoms with Crippen LogP contribution in [0.4, 0.5) is 11.5 Å². The fraction of sp³-hybridized carbons (Fsp3) is 0.250. The molecule has 0 bridgehead atoms. The van der Waals surface area contributed by atoms with E-state index < -0.39 is 0 Å². The molecule has 0 unspecified atom stereocenters. The number of aryl methyl sites for hydroxylation is 1. The van der Waals surface area contributed by atoms with Gasteiger partial charge in [0.2, 0.25) is 0 Å². The van der Waals surface area contributed by atoms with Gasteiger partial charge in [-0.05, 0) is 36.8 Å². The molecule has 2 aliphatic rings. The molecule has 0 atom stereocenters. The summed E-state index contributed by atoms with van der Waals surface area (Å²) in [7, 11) is 1.65. The second-order valence-electron chi connectivity index (χ2n) is 8.09. The number of aromatic nitrogens is 2. The minimum atomic E-state index is -0.196. The Morgan fingerprint density at radius 1 is 1.00 bits per heavy atom. The Labute approximate surface area is 201 Å². The summed E-state index contributed by atoms with van der Waals surface area (Å²) in [6.45, 7) is 5.02. The van der Waals surface area contributed by atoms with Gasteiger partial charge in [0, 0.05) is 45.1 Å². The first-order valence-corrected chi connectivity index (χ1v) is 11.9. The van der Waals surface area contributed by atoms with Crippen LogP contribution in [-0.2, 0) is 4.79 Å². The topological polar surface area (TPSA) is 61.2 Å². The van der Waals surface area contributed by atoms with E-state index >= 15 is 0 Å². The van der Waals surface area contributed by atoms with E-state index in [9.17, 15) is 9.59 Å². The van der Waals surface area contributed by atoms with Crippen molar-refractivity contribution in [3.05, 3.63) is 75.0 Å². The zero-order valence-corrected chi connectivity index (χ0v) is 20.0. The average Bonchev–Trinajstić information content (AvgIpc) is 3.08. The summed E-state index contributed by atoms with van der Waals surface area (Å²) in [5.74, 6) is 0.418. The number of rotatable bonds is 3. The summed E-state index contributed by atoms with van der Waals surface area (Å²) < 4.78 is 2.03. The van der Waals surface area contributed by atoms with Crippen molar-refractivity contribution < 1.29 is 4.79 Å². The standard InChI is InChI=1S/C24H23N5O2S2/c1-16-7-6-10-29-20(16)25-21(18(22(29)30)15-19-23(31)26(2)24(32)33-19)28-13-11-27(12-14-28)17-8-4-3-5-9-17/h3-10,15H,11-14H2,1-2H3. The molecule has 2 saturated heterocycles. The van der Waals surface area contributed by atoms with Crippen LogP contribution in [0.5, 0.6) is 0 Å².